The topological polar surface area (TPSA) is 103 Å². The van der Waals surface area contributed by atoms with E-state index in [2.05, 4.69) is 10.0 Å². The van der Waals surface area contributed by atoms with Gasteiger partial charge in [0.25, 0.3) is 0 Å². The van der Waals surface area contributed by atoms with Gasteiger partial charge in [-0.2, -0.15) is 0 Å². The first kappa shape index (κ1) is 22.0. The summed E-state index contributed by atoms with van der Waals surface area (Å²) in [4.78, 5) is 14.9. The SMILES string of the molecule is COCCCOc1cccc(COC[C@H](N=[N+]=[N-])[C@@H]2C[C@@H](C(C)C)C(=O)O2)c1. The molecule has 0 aromatic heterocycles. The minimum absolute atomic E-state index is 0.159. The lowest BCUT2D eigenvalue weighted by molar-refractivity contribution is -0.146. The van der Waals surface area contributed by atoms with Gasteiger partial charge in [-0.25, -0.2) is 0 Å². The third-order valence-corrected chi connectivity index (χ3v) is 4.71. The Morgan fingerprint density at radius 3 is 2.86 bits per heavy atom. The standard InChI is InChI=1S/C20H29N3O5/c1-14(2)17-11-19(28-20(17)24)18(22-23-21)13-26-12-15-6-4-7-16(10-15)27-9-5-8-25-3/h4,6-7,10,14,17-19H,5,8-9,11-13H2,1-3H3/t17-,18-,19-/m0/s1. The average molecular weight is 391 g/mol. The Balaban J connectivity index is 1.84. The molecule has 3 atom stereocenters. The Kier molecular flexibility index (Phi) is 9.07. The van der Waals surface area contributed by atoms with Crippen LogP contribution in [0.25, 0.3) is 10.4 Å². The first-order valence-corrected chi connectivity index (χ1v) is 9.58. The molecule has 1 aliphatic heterocycles. The van der Waals surface area contributed by atoms with Gasteiger partial charge in [0, 0.05) is 25.0 Å². The molecule has 0 unspecified atom stereocenters. The predicted octanol–water partition coefficient (Wildman–Crippen LogP) is 3.89. The monoisotopic (exact) mass is 391 g/mol. The first-order chi connectivity index (χ1) is 13.5. The molecule has 28 heavy (non-hydrogen) atoms. The van der Waals surface area contributed by atoms with Crippen molar-refractivity contribution in [1.29, 1.82) is 0 Å². The number of esters is 1. The van der Waals surface area contributed by atoms with E-state index >= 15 is 0 Å². The number of carbonyl (C=O) groups is 1. The summed E-state index contributed by atoms with van der Waals surface area (Å²) < 4.78 is 21.9. The number of azide groups is 1. The number of rotatable bonds is 12. The second-order valence-corrected chi connectivity index (χ2v) is 7.19. The summed E-state index contributed by atoms with van der Waals surface area (Å²) >= 11 is 0. The van der Waals surface area contributed by atoms with E-state index in [0.717, 1.165) is 17.7 Å². The molecule has 0 N–H and O–H groups in total. The largest absolute Gasteiger partial charge is 0.493 e. The zero-order chi connectivity index (χ0) is 20.4. The number of cyclic esters (lactones) is 1. The van der Waals surface area contributed by atoms with Gasteiger partial charge in [0.2, 0.25) is 0 Å². The number of benzene rings is 1. The van der Waals surface area contributed by atoms with E-state index < -0.39 is 12.1 Å². The van der Waals surface area contributed by atoms with Crippen molar-refractivity contribution in [1.82, 2.24) is 0 Å². The van der Waals surface area contributed by atoms with Crippen molar-refractivity contribution in [2.45, 2.75) is 45.4 Å². The molecule has 1 saturated heterocycles. The maximum Gasteiger partial charge on any atom is 0.309 e. The molecule has 154 valence electrons. The number of carbonyl (C=O) groups excluding carboxylic acids is 1. The maximum atomic E-state index is 12.0. The summed E-state index contributed by atoms with van der Waals surface area (Å²) in [6, 6.07) is 7.12. The highest BCUT2D eigenvalue weighted by molar-refractivity contribution is 5.75. The minimum Gasteiger partial charge on any atom is -0.493 e. The highest BCUT2D eigenvalue weighted by atomic mass is 16.6. The van der Waals surface area contributed by atoms with Crippen molar-refractivity contribution in [3.8, 4) is 5.75 Å². The van der Waals surface area contributed by atoms with Crippen LogP contribution in [0.15, 0.2) is 29.4 Å². The molecule has 1 aromatic rings. The van der Waals surface area contributed by atoms with Crippen molar-refractivity contribution >= 4 is 5.97 Å². The summed E-state index contributed by atoms with van der Waals surface area (Å²) in [5.74, 6) is 0.579. The smallest absolute Gasteiger partial charge is 0.309 e. The Morgan fingerprint density at radius 2 is 2.18 bits per heavy atom. The molecule has 0 spiro atoms. The summed E-state index contributed by atoms with van der Waals surface area (Å²) in [6.45, 7) is 5.75. The number of hydrogen-bond acceptors (Lipinski definition) is 6. The van der Waals surface area contributed by atoms with E-state index in [4.69, 9.17) is 24.5 Å². The Morgan fingerprint density at radius 1 is 1.36 bits per heavy atom. The Bertz CT molecular complexity index is 676. The third kappa shape index (κ3) is 6.71. The van der Waals surface area contributed by atoms with E-state index in [-0.39, 0.29) is 24.4 Å². The van der Waals surface area contributed by atoms with Crippen molar-refractivity contribution in [2.75, 3.05) is 26.9 Å². The lowest BCUT2D eigenvalue weighted by Crippen LogP contribution is -2.28. The van der Waals surface area contributed by atoms with E-state index in [1.807, 2.05) is 38.1 Å². The van der Waals surface area contributed by atoms with Crippen LogP contribution in [0.3, 0.4) is 0 Å². The molecule has 0 bridgehead atoms. The van der Waals surface area contributed by atoms with E-state index in [1.54, 1.807) is 7.11 Å². The van der Waals surface area contributed by atoms with Crippen LogP contribution < -0.4 is 4.74 Å². The zero-order valence-corrected chi connectivity index (χ0v) is 16.7. The molecule has 8 heteroatoms. The van der Waals surface area contributed by atoms with Crippen molar-refractivity contribution < 1.29 is 23.7 Å². The van der Waals surface area contributed by atoms with Crippen molar-refractivity contribution in [3.05, 3.63) is 40.3 Å². The van der Waals surface area contributed by atoms with Gasteiger partial charge in [-0.05, 0) is 35.6 Å². The molecule has 1 aliphatic rings. The number of hydrogen-bond donors (Lipinski definition) is 0. The van der Waals surface area contributed by atoms with E-state index in [9.17, 15) is 4.79 Å². The van der Waals surface area contributed by atoms with Crippen molar-refractivity contribution in [2.24, 2.45) is 17.0 Å². The first-order valence-electron chi connectivity index (χ1n) is 9.58. The van der Waals surface area contributed by atoms with Gasteiger partial charge in [0.1, 0.15) is 11.9 Å². The van der Waals surface area contributed by atoms with Crippen LogP contribution in [-0.4, -0.2) is 45.0 Å². The maximum absolute atomic E-state index is 12.0. The molecule has 2 rings (SSSR count). The lowest BCUT2D eigenvalue weighted by atomic mass is 9.91. The molecule has 1 fully saturated rings. The van der Waals surface area contributed by atoms with Crippen LogP contribution in [0.2, 0.25) is 0 Å². The van der Waals surface area contributed by atoms with Gasteiger partial charge in [0.15, 0.2) is 0 Å². The van der Waals surface area contributed by atoms with E-state index in [0.29, 0.717) is 26.2 Å². The van der Waals surface area contributed by atoms with Crippen LogP contribution in [0, 0.1) is 11.8 Å². The predicted molar refractivity (Wildman–Crippen MR) is 104 cm³/mol. The number of nitrogens with zero attached hydrogens (tertiary/aromatic N) is 3. The highest BCUT2D eigenvalue weighted by Crippen LogP contribution is 2.30. The normalized spacial score (nSPS) is 19.9. The molecule has 0 saturated carbocycles. The van der Waals surface area contributed by atoms with Crippen LogP contribution in [0.1, 0.15) is 32.3 Å². The van der Waals surface area contributed by atoms with Crippen LogP contribution in [0.5, 0.6) is 5.75 Å². The Hall–Kier alpha value is -2.28. The molecule has 0 aliphatic carbocycles. The molecular formula is C20H29N3O5. The fourth-order valence-electron chi connectivity index (χ4n) is 3.11. The minimum atomic E-state index is -0.536. The molecule has 0 amide bonds. The van der Waals surface area contributed by atoms with Crippen molar-refractivity contribution in [3.63, 3.8) is 0 Å². The van der Waals surface area contributed by atoms with Gasteiger partial charge >= 0.3 is 5.97 Å². The average Bonchev–Trinajstić information content (AvgIpc) is 3.07. The molecule has 1 aromatic carbocycles. The van der Waals surface area contributed by atoms with Gasteiger partial charge in [0.05, 0.1) is 31.8 Å². The van der Waals surface area contributed by atoms with Gasteiger partial charge in [-0.15, -0.1) is 0 Å². The number of methoxy groups -OCH3 is 1. The van der Waals surface area contributed by atoms with Crippen LogP contribution in [-0.2, 0) is 25.6 Å². The fourth-order valence-corrected chi connectivity index (χ4v) is 3.11. The second-order valence-electron chi connectivity index (χ2n) is 7.19. The third-order valence-electron chi connectivity index (χ3n) is 4.71. The molecule has 0 radical (unpaired) electrons. The quantitative estimate of drug-likeness (QED) is 0.177. The molecule has 1 heterocycles. The van der Waals surface area contributed by atoms with Crippen LogP contribution in [0.4, 0.5) is 0 Å². The number of ether oxygens (including phenoxy) is 4. The summed E-state index contributed by atoms with van der Waals surface area (Å²) in [7, 11) is 1.66. The Labute approximate surface area is 165 Å². The second kappa shape index (κ2) is 11.5. The van der Waals surface area contributed by atoms with Crippen LogP contribution >= 0.6 is 0 Å². The van der Waals surface area contributed by atoms with Gasteiger partial charge in [-0.3, -0.25) is 4.79 Å². The summed E-state index contributed by atoms with van der Waals surface area (Å²) in [6.07, 6.45) is 0.933. The molecular weight excluding hydrogens is 362 g/mol. The molecule has 8 nitrogen and oxygen atoms in total. The zero-order valence-electron chi connectivity index (χ0n) is 16.7. The summed E-state index contributed by atoms with van der Waals surface area (Å²) in [5.41, 5.74) is 9.80. The highest BCUT2D eigenvalue weighted by Gasteiger charge is 2.40. The van der Waals surface area contributed by atoms with E-state index in [1.165, 1.54) is 0 Å². The lowest BCUT2D eigenvalue weighted by Gasteiger charge is -2.18. The fraction of sp³-hybridized carbons (Fsp3) is 0.650. The van der Waals surface area contributed by atoms with Gasteiger partial charge in [-0.1, -0.05) is 31.1 Å². The van der Waals surface area contributed by atoms with Gasteiger partial charge < -0.3 is 18.9 Å². The summed E-state index contributed by atoms with van der Waals surface area (Å²) in [5, 5.41) is 3.78.